The van der Waals surface area contributed by atoms with Crippen molar-refractivity contribution in [1.82, 2.24) is 4.98 Å². The van der Waals surface area contributed by atoms with Gasteiger partial charge in [0, 0.05) is 18.2 Å². The molecule has 0 fully saturated rings. The van der Waals surface area contributed by atoms with Crippen molar-refractivity contribution in [2.75, 3.05) is 6.61 Å². The lowest BCUT2D eigenvalue weighted by Crippen LogP contribution is -2.20. The lowest BCUT2D eigenvalue weighted by Gasteiger charge is -2.19. The second kappa shape index (κ2) is 6.19. The fraction of sp³-hybridized carbons (Fsp3) is 0.667. The number of aryl methyl sites for hydroxylation is 1. The van der Waals surface area contributed by atoms with E-state index in [1.807, 2.05) is 26.0 Å². The van der Waals surface area contributed by atoms with Crippen LogP contribution in [-0.2, 0) is 6.42 Å². The number of nitrogens with two attached hydrogens (primary N) is 1. The van der Waals surface area contributed by atoms with Gasteiger partial charge in [-0.25, -0.2) is 0 Å². The molecule has 0 aliphatic carbocycles. The minimum Gasteiger partial charge on any atom is -0.492 e. The topological polar surface area (TPSA) is 48.1 Å². The largest absolute Gasteiger partial charge is 0.492 e. The summed E-state index contributed by atoms with van der Waals surface area (Å²) in [6.45, 7) is 11.3. The van der Waals surface area contributed by atoms with E-state index in [1.165, 1.54) is 0 Å². The molecule has 0 saturated heterocycles. The third kappa shape index (κ3) is 5.50. The number of hydrogen-bond acceptors (Lipinski definition) is 3. The van der Waals surface area contributed by atoms with Crippen LogP contribution in [0.3, 0.4) is 0 Å². The minimum atomic E-state index is 0.101. The molecule has 1 unspecified atom stereocenters. The highest BCUT2D eigenvalue weighted by molar-refractivity contribution is 5.29. The van der Waals surface area contributed by atoms with Gasteiger partial charge >= 0.3 is 0 Å². The van der Waals surface area contributed by atoms with E-state index in [0.29, 0.717) is 5.41 Å². The number of aromatic nitrogens is 1. The van der Waals surface area contributed by atoms with Crippen molar-refractivity contribution in [2.45, 2.75) is 53.5 Å². The van der Waals surface area contributed by atoms with Gasteiger partial charge in [-0.3, -0.25) is 4.98 Å². The predicted octanol–water partition coefficient (Wildman–Crippen LogP) is 3.09. The summed E-state index contributed by atoms with van der Waals surface area (Å²) in [5.74, 6) is 0.877. The monoisotopic (exact) mass is 250 g/mol. The first kappa shape index (κ1) is 15.0. The number of pyridine rings is 1. The van der Waals surface area contributed by atoms with Crippen LogP contribution in [0, 0.1) is 12.3 Å². The summed E-state index contributed by atoms with van der Waals surface area (Å²) < 4.78 is 5.85. The fourth-order valence-corrected chi connectivity index (χ4v) is 1.65. The second-order valence-electron chi connectivity index (χ2n) is 6.24. The van der Waals surface area contributed by atoms with Gasteiger partial charge in [0.2, 0.25) is 0 Å². The maximum absolute atomic E-state index is 5.85. The molecule has 102 valence electrons. The van der Waals surface area contributed by atoms with Crippen LogP contribution in [0.5, 0.6) is 5.75 Å². The van der Waals surface area contributed by atoms with Crippen LogP contribution in [0.15, 0.2) is 12.1 Å². The number of rotatable bonds is 5. The molecule has 0 aromatic carbocycles. The zero-order valence-electron chi connectivity index (χ0n) is 12.3. The van der Waals surface area contributed by atoms with E-state index in [-0.39, 0.29) is 6.04 Å². The Morgan fingerprint density at radius 2 is 2.00 bits per heavy atom. The summed E-state index contributed by atoms with van der Waals surface area (Å²) in [5, 5.41) is 0. The Balaban J connectivity index is 2.69. The first-order chi connectivity index (χ1) is 8.28. The van der Waals surface area contributed by atoms with Gasteiger partial charge in [-0.05, 0) is 37.8 Å². The van der Waals surface area contributed by atoms with E-state index in [9.17, 15) is 0 Å². The van der Waals surface area contributed by atoms with Gasteiger partial charge in [0.1, 0.15) is 5.75 Å². The van der Waals surface area contributed by atoms with Crippen molar-refractivity contribution >= 4 is 0 Å². The maximum Gasteiger partial charge on any atom is 0.140 e. The summed E-state index contributed by atoms with van der Waals surface area (Å²) in [6, 6.07) is 4.09. The van der Waals surface area contributed by atoms with Crippen LogP contribution in [-0.4, -0.2) is 17.6 Å². The molecule has 1 aromatic heterocycles. The summed E-state index contributed by atoms with van der Waals surface area (Å²) in [7, 11) is 0. The number of nitrogens with zero attached hydrogens (tertiary/aromatic N) is 1. The third-order valence-corrected chi connectivity index (χ3v) is 2.70. The van der Waals surface area contributed by atoms with Gasteiger partial charge in [0.05, 0.1) is 12.3 Å². The average Bonchev–Trinajstić information content (AvgIpc) is 2.18. The van der Waals surface area contributed by atoms with Crippen LogP contribution in [0.4, 0.5) is 0 Å². The zero-order chi connectivity index (χ0) is 13.8. The van der Waals surface area contributed by atoms with E-state index in [0.717, 1.165) is 36.6 Å². The van der Waals surface area contributed by atoms with Gasteiger partial charge in [-0.15, -0.1) is 0 Å². The molecular formula is C15H26N2O. The van der Waals surface area contributed by atoms with Crippen LogP contribution in [0.25, 0.3) is 0 Å². The van der Waals surface area contributed by atoms with E-state index < -0.39 is 0 Å². The molecule has 1 aromatic rings. The Labute approximate surface area is 111 Å². The Bertz CT molecular complexity index is 381. The molecule has 0 saturated carbocycles. The van der Waals surface area contributed by atoms with Crippen molar-refractivity contribution in [3.05, 3.63) is 23.5 Å². The number of ether oxygens (including phenoxy) is 1. The number of hydrogen-bond donors (Lipinski definition) is 1. The molecule has 3 heteroatoms. The molecule has 2 N–H and O–H groups in total. The van der Waals surface area contributed by atoms with Gasteiger partial charge in [0.25, 0.3) is 0 Å². The van der Waals surface area contributed by atoms with Crippen molar-refractivity contribution in [3.8, 4) is 5.75 Å². The van der Waals surface area contributed by atoms with E-state index in [2.05, 4.69) is 25.8 Å². The summed E-state index contributed by atoms with van der Waals surface area (Å²) in [5.41, 5.74) is 8.12. The molecule has 0 spiro atoms. The molecule has 0 aliphatic rings. The van der Waals surface area contributed by atoms with Crippen LogP contribution >= 0.6 is 0 Å². The van der Waals surface area contributed by atoms with Crippen molar-refractivity contribution in [1.29, 1.82) is 0 Å². The molecule has 0 bridgehead atoms. The third-order valence-electron chi connectivity index (χ3n) is 2.70. The predicted molar refractivity (Wildman–Crippen MR) is 75.9 cm³/mol. The molecule has 1 atom stereocenters. The Hall–Kier alpha value is -1.09. The average molecular weight is 250 g/mol. The Morgan fingerprint density at radius 1 is 1.33 bits per heavy atom. The van der Waals surface area contributed by atoms with Gasteiger partial charge in [0.15, 0.2) is 0 Å². The van der Waals surface area contributed by atoms with Gasteiger partial charge in [-0.2, -0.15) is 0 Å². The fourth-order valence-electron chi connectivity index (χ4n) is 1.65. The van der Waals surface area contributed by atoms with Crippen LogP contribution < -0.4 is 10.5 Å². The standard InChI is InChI=1S/C15H26N2O/c1-11(16)10-13-14(7-6-12(2)17-13)18-9-8-15(3,4)5/h6-7,11H,8-10,16H2,1-5H3. The molecule has 0 amide bonds. The first-order valence-corrected chi connectivity index (χ1v) is 6.63. The van der Waals surface area contributed by atoms with Crippen molar-refractivity contribution in [3.63, 3.8) is 0 Å². The van der Waals surface area contributed by atoms with E-state index in [1.54, 1.807) is 0 Å². The maximum atomic E-state index is 5.85. The van der Waals surface area contributed by atoms with Crippen LogP contribution in [0.1, 0.15) is 45.5 Å². The summed E-state index contributed by atoms with van der Waals surface area (Å²) in [4.78, 5) is 4.52. The summed E-state index contributed by atoms with van der Waals surface area (Å²) in [6.07, 6.45) is 1.78. The smallest absolute Gasteiger partial charge is 0.140 e. The zero-order valence-corrected chi connectivity index (χ0v) is 12.3. The molecule has 18 heavy (non-hydrogen) atoms. The molecule has 1 heterocycles. The second-order valence-corrected chi connectivity index (χ2v) is 6.24. The quantitative estimate of drug-likeness (QED) is 0.873. The normalized spacial score (nSPS) is 13.4. The highest BCUT2D eigenvalue weighted by Crippen LogP contribution is 2.22. The first-order valence-electron chi connectivity index (χ1n) is 6.63. The van der Waals surface area contributed by atoms with Gasteiger partial charge in [-0.1, -0.05) is 20.8 Å². The Morgan fingerprint density at radius 3 is 2.56 bits per heavy atom. The van der Waals surface area contributed by atoms with Crippen LogP contribution in [0.2, 0.25) is 0 Å². The molecule has 3 nitrogen and oxygen atoms in total. The lowest BCUT2D eigenvalue weighted by molar-refractivity contribution is 0.240. The van der Waals surface area contributed by atoms with E-state index >= 15 is 0 Å². The SMILES string of the molecule is Cc1ccc(OCCC(C)(C)C)c(CC(C)N)n1. The molecule has 1 rings (SSSR count). The summed E-state index contributed by atoms with van der Waals surface area (Å²) >= 11 is 0. The minimum absolute atomic E-state index is 0.101. The van der Waals surface area contributed by atoms with Crippen molar-refractivity contribution < 1.29 is 4.74 Å². The molecular weight excluding hydrogens is 224 g/mol. The van der Waals surface area contributed by atoms with Gasteiger partial charge < -0.3 is 10.5 Å². The Kier molecular flexibility index (Phi) is 5.15. The lowest BCUT2D eigenvalue weighted by atomic mass is 9.93. The molecule has 0 aliphatic heterocycles. The van der Waals surface area contributed by atoms with E-state index in [4.69, 9.17) is 10.5 Å². The molecule has 0 radical (unpaired) electrons. The van der Waals surface area contributed by atoms with Crippen molar-refractivity contribution in [2.24, 2.45) is 11.1 Å². The highest BCUT2D eigenvalue weighted by Gasteiger charge is 2.12. The highest BCUT2D eigenvalue weighted by atomic mass is 16.5.